The van der Waals surface area contributed by atoms with E-state index in [4.69, 9.17) is 14.2 Å². The number of ether oxygens (including phenoxy) is 3. The van der Waals surface area contributed by atoms with Gasteiger partial charge < -0.3 is 14.2 Å². The van der Waals surface area contributed by atoms with Crippen LogP contribution in [0.2, 0.25) is 0 Å². The van der Waals surface area contributed by atoms with E-state index in [0.717, 1.165) is 57.8 Å². The van der Waals surface area contributed by atoms with Gasteiger partial charge >= 0.3 is 17.9 Å². The Kier molecular flexibility index (Phi) is 55.6. The molecule has 0 amide bonds. The van der Waals surface area contributed by atoms with Gasteiger partial charge in [-0.2, -0.15) is 0 Å². The van der Waals surface area contributed by atoms with Gasteiger partial charge in [0.2, 0.25) is 0 Å². The van der Waals surface area contributed by atoms with Gasteiger partial charge in [-0.05, 0) is 19.3 Å². The summed E-state index contributed by atoms with van der Waals surface area (Å²) < 4.78 is 16.9. The summed E-state index contributed by atoms with van der Waals surface area (Å²) in [5, 5.41) is 0. The van der Waals surface area contributed by atoms with Crippen LogP contribution in [0.3, 0.4) is 0 Å². The summed E-state index contributed by atoms with van der Waals surface area (Å²) in [4.78, 5) is 38.1. The Hall–Kier alpha value is -1.59. The highest BCUT2D eigenvalue weighted by molar-refractivity contribution is 5.71. The third-order valence-corrected chi connectivity index (χ3v) is 14.1. The number of unbranched alkanes of at least 4 members (excludes halogenated alkanes) is 46. The Morgan fingerprint density at radius 1 is 0.239 bits per heavy atom. The average molecular weight is 948 g/mol. The van der Waals surface area contributed by atoms with E-state index in [9.17, 15) is 14.4 Å². The largest absolute Gasteiger partial charge is 0.462 e. The van der Waals surface area contributed by atoms with Crippen molar-refractivity contribution in [1.29, 1.82) is 0 Å². The smallest absolute Gasteiger partial charge is 0.306 e. The third kappa shape index (κ3) is 55.2. The molecular formula is C61H118O6. The van der Waals surface area contributed by atoms with Crippen molar-refractivity contribution in [3.8, 4) is 0 Å². The molecule has 0 spiro atoms. The van der Waals surface area contributed by atoms with E-state index in [2.05, 4.69) is 20.8 Å². The quantitative estimate of drug-likeness (QED) is 0.0343. The molecule has 398 valence electrons. The zero-order chi connectivity index (χ0) is 48.6. The van der Waals surface area contributed by atoms with E-state index in [1.807, 2.05) is 0 Å². The van der Waals surface area contributed by atoms with Crippen LogP contribution in [0, 0.1) is 0 Å². The summed E-state index contributed by atoms with van der Waals surface area (Å²) in [5.41, 5.74) is 0. The molecule has 1 unspecified atom stereocenters. The van der Waals surface area contributed by atoms with Crippen molar-refractivity contribution >= 4 is 17.9 Å². The van der Waals surface area contributed by atoms with Gasteiger partial charge in [-0.15, -0.1) is 0 Å². The molecule has 67 heavy (non-hydrogen) atoms. The molecule has 0 aliphatic rings. The summed E-state index contributed by atoms with van der Waals surface area (Å²) in [7, 11) is 0. The molecule has 0 heterocycles. The van der Waals surface area contributed by atoms with Crippen LogP contribution in [0.4, 0.5) is 0 Å². The molecule has 6 heteroatoms. The Bertz CT molecular complexity index is 998. The Morgan fingerprint density at radius 2 is 0.403 bits per heavy atom. The summed E-state index contributed by atoms with van der Waals surface area (Å²) in [6, 6.07) is 0. The molecule has 0 fully saturated rings. The van der Waals surface area contributed by atoms with Crippen molar-refractivity contribution in [2.24, 2.45) is 0 Å². The molecule has 6 nitrogen and oxygen atoms in total. The molecule has 0 aliphatic carbocycles. The fourth-order valence-corrected chi connectivity index (χ4v) is 9.51. The first-order valence-electron chi connectivity index (χ1n) is 30.5. The third-order valence-electron chi connectivity index (χ3n) is 14.1. The Morgan fingerprint density at radius 3 is 0.597 bits per heavy atom. The summed E-state index contributed by atoms with van der Waals surface area (Å²) in [5.74, 6) is -0.833. The van der Waals surface area contributed by atoms with Crippen LogP contribution in [0.25, 0.3) is 0 Å². The molecule has 0 aromatic heterocycles. The van der Waals surface area contributed by atoms with Gasteiger partial charge in [-0.3, -0.25) is 14.4 Å². The second kappa shape index (κ2) is 57.0. The average Bonchev–Trinajstić information content (AvgIpc) is 3.33. The lowest BCUT2D eigenvalue weighted by Gasteiger charge is -2.18. The zero-order valence-electron chi connectivity index (χ0n) is 45.7. The normalized spacial score (nSPS) is 11.9. The van der Waals surface area contributed by atoms with Crippen LogP contribution in [0.15, 0.2) is 0 Å². The van der Waals surface area contributed by atoms with Gasteiger partial charge in [-0.1, -0.05) is 316 Å². The van der Waals surface area contributed by atoms with E-state index in [-0.39, 0.29) is 31.1 Å². The Balaban J connectivity index is 4.16. The lowest BCUT2D eigenvalue weighted by Crippen LogP contribution is -2.30. The minimum absolute atomic E-state index is 0.0611. The molecule has 0 saturated carbocycles. The molecular weight excluding hydrogens is 829 g/mol. The maximum Gasteiger partial charge on any atom is 0.306 e. The summed E-state index contributed by atoms with van der Waals surface area (Å²) in [6.07, 6.45) is 64.0. The molecule has 0 aliphatic heterocycles. The van der Waals surface area contributed by atoms with E-state index in [1.54, 1.807) is 0 Å². The number of hydrogen-bond donors (Lipinski definition) is 0. The minimum Gasteiger partial charge on any atom is -0.462 e. The van der Waals surface area contributed by atoms with Gasteiger partial charge in [0.15, 0.2) is 6.10 Å². The highest BCUT2D eigenvalue weighted by Gasteiger charge is 2.19. The van der Waals surface area contributed by atoms with E-state index >= 15 is 0 Å². The lowest BCUT2D eigenvalue weighted by atomic mass is 10.0. The predicted octanol–water partition coefficient (Wildman–Crippen LogP) is 20.3. The second-order valence-corrected chi connectivity index (χ2v) is 21.0. The summed E-state index contributed by atoms with van der Waals surface area (Å²) >= 11 is 0. The molecule has 0 aromatic carbocycles. The van der Waals surface area contributed by atoms with Crippen LogP contribution in [-0.2, 0) is 28.6 Å². The molecule has 0 saturated heterocycles. The highest BCUT2D eigenvalue weighted by Crippen LogP contribution is 2.18. The van der Waals surface area contributed by atoms with Crippen LogP contribution in [0.5, 0.6) is 0 Å². The number of rotatable bonds is 57. The molecule has 0 aromatic rings. The fraction of sp³-hybridized carbons (Fsp3) is 0.951. The zero-order valence-corrected chi connectivity index (χ0v) is 45.7. The van der Waals surface area contributed by atoms with Crippen LogP contribution < -0.4 is 0 Å². The number of esters is 3. The van der Waals surface area contributed by atoms with Crippen molar-refractivity contribution in [1.82, 2.24) is 0 Å². The number of hydrogen-bond acceptors (Lipinski definition) is 6. The first-order chi connectivity index (χ1) is 33.0. The van der Waals surface area contributed by atoms with Crippen molar-refractivity contribution in [2.45, 2.75) is 361 Å². The van der Waals surface area contributed by atoms with E-state index < -0.39 is 6.10 Å². The van der Waals surface area contributed by atoms with Crippen molar-refractivity contribution in [2.75, 3.05) is 13.2 Å². The molecule has 0 N–H and O–H groups in total. The Labute approximate surface area is 418 Å². The molecule has 0 rings (SSSR count). The van der Waals surface area contributed by atoms with Crippen LogP contribution in [-0.4, -0.2) is 37.2 Å². The van der Waals surface area contributed by atoms with Crippen molar-refractivity contribution in [3.63, 3.8) is 0 Å². The molecule has 0 bridgehead atoms. The maximum atomic E-state index is 12.8. The fourth-order valence-electron chi connectivity index (χ4n) is 9.51. The van der Waals surface area contributed by atoms with Crippen molar-refractivity contribution < 1.29 is 28.6 Å². The number of carbonyl (C=O) groups excluding carboxylic acids is 3. The highest BCUT2D eigenvalue weighted by atomic mass is 16.6. The molecule has 1 atom stereocenters. The minimum atomic E-state index is -0.761. The van der Waals surface area contributed by atoms with Gasteiger partial charge in [-0.25, -0.2) is 0 Å². The number of carbonyl (C=O) groups is 3. The standard InChI is InChI=1S/C61H118O6/c1-4-7-10-13-16-19-22-24-26-28-29-30-31-32-33-34-36-37-39-42-45-48-51-54-60(63)66-57-58(56-65-59(62)53-50-47-44-41-21-18-15-12-9-6-3)67-61(64)55-52-49-46-43-40-38-35-27-25-23-20-17-14-11-8-5-2/h58H,4-57H2,1-3H3. The van der Waals surface area contributed by atoms with Crippen LogP contribution in [0.1, 0.15) is 355 Å². The maximum absolute atomic E-state index is 12.8. The second-order valence-electron chi connectivity index (χ2n) is 21.0. The van der Waals surface area contributed by atoms with Crippen molar-refractivity contribution in [3.05, 3.63) is 0 Å². The topological polar surface area (TPSA) is 78.9 Å². The van der Waals surface area contributed by atoms with Gasteiger partial charge in [0.1, 0.15) is 13.2 Å². The van der Waals surface area contributed by atoms with Gasteiger partial charge in [0, 0.05) is 19.3 Å². The first kappa shape index (κ1) is 65.4. The van der Waals surface area contributed by atoms with Gasteiger partial charge in [0.05, 0.1) is 0 Å². The SMILES string of the molecule is CCCCCCCCCCCCCCCCCCCCCCCCCC(=O)OCC(COC(=O)CCCCCCCCCCCC)OC(=O)CCCCCCCCCCCCCCCCCC. The van der Waals surface area contributed by atoms with E-state index in [0.29, 0.717) is 19.3 Å². The molecule has 0 radical (unpaired) electrons. The van der Waals surface area contributed by atoms with Gasteiger partial charge in [0.25, 0.3) is 0 Å². The van der Waals surface area contributed by atoms with E-state index in [1.165, 1.54) is 257 Å². The van der Waals surface area contributed by atoms with Crippen LogP contribution >= 0.6 is 0 Å². The predicted molar refractivity (Wildman–Crippen MR) is 289 cm³/mol. The summed E-state index contributed by atoms with van der Waals surface area (Å²) in [6.45, 7) is 6.70. The monoisotopic (exact) mass is 947 g/mol. The first-order valence-corrected chi connectivity index (χ1v) is 30.5. The lowest BCUT2D eigenvalue weighted by molar-refractivity contribution is -0.167.